The minimum atomic E-state index is 0.372. The van der Waals surface area contributed by atoms with Crippen LogP contribution in [0.1, 0.15) is 16.8 Å². The molecule has 13 heteroatoms. The lowest BCUT2D eigenvalue weighted by molar-refractivity contribution is 1.00. The highest BCUT2D eigenvalue weighted by Crippen LogP contribution is 2.49. The van der Waals surface area contributed by atoms with Crippen molar-refractivity contribution in [2.75, 3.05) is 0 Å². The molecule has 0 saturated carbocycles. The van der Waals surface area contributed by atoms with Crippen LogP contribution in [0.25, 0.3) is 264 Å². The van der Waals surface area contributed by atoms with Crippen molar-refractivity contribution < 1.29 is 0 Å². The molecule has 0 aliphatic carbocycles. The van der Waals surface area contributed by atoms with Gasteiger partial charge in [0.25, 0.3) is 0 Å². The number of hydrogen-bond acceptors (Lipinski definition) is 10. The van der Waals surface area contributed by atoms with Gasteiger partial charge in [-0.05, 0) is 215 Å². The molecular formula is C123H68N10S3. The fraction of sp³-hybridized carbons (Fsp3) is 0. The number of thiophene rings is 3. The van der Waals surface area contributed by atoms with Crippen LogP contribution in [0.15, 0.2) is 413 Å². The van der Waals surface area contributed by atoms with Gasteiger partial charge in [-0.2, -0.15) is 15.8 Å². The Labute approximate surface area is 788 Å². The van der Waals surface area contributed by atoms with Crippen molar-refractivity contribution in [1.29, 1.82) is 15.8 Å². The highest BCUT2D eigenvalue weighted by atomic mass is 32.1. The van der Waals surface area contributed by atoms with Gasteiger partial charge in [0.1, 0.15) is 23.8 Å². The third kappa shape index (κ3) is 12.3. The summed E-state index contributed by atoms with van der Waals surface area (Å²) in [6.45, 7) is 0. The summed E-state index contributed by atoms with van der Waals surface area (Å²) in [4.78, 5) is 20.2. The molecule has 0 aliphatic rings. The van der Waals surface area contributed by atoms with E-state index in [2.05, 4.69) is 347 Å². The van der Waals surface area contributed by atoms with Gasteiger partial charge in [0, 0.05) is 115 Å². The molecule has 0 fully saturated rings. The fourth-order valence-corrected chi connectivity index (χ4v) is 24.4. The monoisotopic (exact) mass is 1780 g/mol. The molecule has 0 N–H and O–H groups in total. The lowest BCUT2D eigenvalue weighted by Gasteiger charge is -2.16. The minimum Gasteiger partial charge on any atom is -0.294 e. The van der Waals surface area contributed by atoms with Crippen LogP contribution in [0, 0.1) is 34.0 Å². The third-order valence-electron chi connectivity index (χ3n) is 27.3. The van der Waals surface area contributed by atoms with Crippen molar-refractivity contribution in [3.05, 3.63) is 429 Å². The van der Waals surface area contributed by atoms with Crippen LogP contribution in [0.3, 0.4) is 0 Å². The quantitative estimate of drug-likeness (QED) is 0.155. The molecule has 0 spiro atoms. The Bertz CT molecular complexity index is 10400. The molecule has 136 heavy (non-hydrogen) atoms. The number of nitriles is 3. The van der Waals surface area contributed by atoms with E-state index in [9.17, 15) is 15.8 Å². The number of benzene rings is 20. The molecule has 9 heterocycles. The number of hydrogen-bond donors (Lipinski definition) is 0. The van der Waals surface area contributed by atoms with Crippen LogP contribution in [0.4, 0.5) is 0 Å². The van der Waals surface area contributed by atoms with E-state index in [1.165, 1.54) is 148 Å². The van der Waals surface area contributed by atoms with E-state index in [-0.39, 0.29) is 0 Å². The Balaban J connectivity index is 0.000000104. The lowest BCUT2D eigenvalue weighted by Crippen LogP contribution is -2.04. The number of aromatic nitrogens is 7. The van der Waals surface area contributed by atoms with E-state index >= 15 is 0 Å². The van der Waals surface area contributed by atoms with Crippen LogP contribution in [-0.4, -0.2) is 33.6 Å². The van der Waals surface area contributed by atoms with Crippen molar-refractivity contribution in [2.45, 2.75) is 0 Å². The topological polar surface area (TPSA) is 138 Å². The summed E-state index contributed by atoms with van der Waals surface area (Å²) in [5.41, 5.74) is 19.1. The third-order valence-corrected chi connectivity index (χ3v) is 30.7. The second kappa shape index (κ2) is 31.2. The van der Waals surface area contributed by atoms with Gasteiger partial charge in [0.15, 0.2) is 5.69 Å². The minimum absolute atomic E-state index is 0.372. The average molecular weight is 1780 g/mol. The van der Waals surface area contributed by atoms with Crippen LogP contribution >= 0.6 is 34.0 Å². The number of pyridine rings is 2. The Kier molecular flexibility index (Phi) is 17.9. The maximum atomic E-state index is 10.7. The predicted octanol–water partition coefficient (Wildman–Crippen LogP) is 33.4. The summed E-state index contributed by atoms with van der Waals surface area (Å²) < 4.78 is 14.4. The summed E-state index contributed by atoms with van der Waals surface area (Å²) in [5.74, 6) is 2.00. The van der Waals surface area contributed by atoms with Gasteiger partial charge in [-0.15, -0.1) is 34.0 Å². The Morgan fingerprint density at radius 2 is 0.596 bits per heavy atom. The molecule has 9 aromatic heterocycles. The second-order valence-electron chi connectivity index (χ2n) is 34.7. The van der Waals surface area contributed by atoms with Gasteiger partial charge in [-0.3, -0.25) is 13.7 Å². The first kappa shape index (κ1) is 78.0. The summed E-state index contributed by atoms with van der Waals surface area (Å²) in [7, 11) is 0. The van der Waals surface area contributed by atoms with Crippen molar-refractivity contribution in [1.82, 2.24) is 33.6 Å². The van der Waals surface area contributed by atoms with Crippen LogP contribution in [0.5, 0.6) is 0 Å². The first-order valence-corrected chi connectivity index (χ1v) is 47.7. The predicted molar refractivity (Wildman–Crippen MR) is 571 cm³/mol. The maximum Gasteiger partial charge on any atom is 0.236 e. The largest absolute Gasteiger partial charge is 0.294 e. The van der Waals surface area contributed by atoms with Gasteiger partial charge in [-0.25, -0.2) is 19.9 Å². The number of para-hydroxylation sites is 3. The maximum absolute atomic E-state index is 10.7. The molecule has 0 saturated heterocycles. The molecule has 29 aromatic rings. The first-order valence-electron chi connectivity index (χ1n) is 45.2. The Hall–Kier alpha value is -17.9. The van der Waals surface area contributed by atoms with E-state index in [1.54, 1.807) is 0 Å². The van der Waals surface area contributed by atoms with Gasteiger partial charge >= 0.3 is 0 Å². The Morgan fingerprint density at radius 3 is 1.17 bits per heavy atom. The van der Waals surface area contributed by atoms with Gasteiger partial charge in [0.05, 0.1) is 66.8 Å². The molecular weight excluding hydrogens is 1710 g/mol. The highest BCUT2D eigenvalue weighted by molar-refractivity contribution is 7.26. The summed E-state index contributed by atoms with van der Waals surface area (Å²) in [6, 6.07) is 153. The number of nitrogens with zero attached hydrogens (tertiary/aromatic N) is 10. The first-order chi connectivity index (χ1) is 67.3. The molecule has 0 unspecified atom stereocenters. The zero-order chi connectivity index (χ0) is 89.9. The molecule has 0 amide bonds. The number of fused-ring (bicyclic) bond motifs is 29. The van der Waals surface area contributed by atoms with Crippen LogP contribution in [-0.2, 0) is 0 Å². The Morgan fingerprint density at radius 1 is 0.213 bits per heavy atom. The lowest BCUT2D eigenvalue weighted by atomic mass is 9.97. The van der Waals surface area contributed by atoms with Crippen molar-refractivity contribution >= 4 is 236 Å². The molecule has 0 aliphatic heterocycles. The molecule has 628 valence electrons. The van der Waals surface area contributed by atoms with Crippen molar-refractivity contribution in [2.24, 2.45) is 0 Å². The van der Waals surface area contributed by atoms with Gasteiger partial charge in [0.2, 0.25) is 5.95 Å². The van der Waals surface area contributed by atoms with E-state index in [0.29, 0.717) is 22.8 Å². The molecule has 20 aromatic carbocycles. The zero-order valence-corrected chi connectivity index (χ0v) is 74.9. The summed E-state index contributed by atoms with van der Waals surface area (Å²) in [5, 5.41) is 57.7. The average Bonchev–Trinajstić information content (AvgIpc) is 1.51. The number of rotatable bonds is 7. The highest BCUT2D eigenvalue weighted by Gasteiger charge is 2.27. The van der Waals surface area contributed by atoms with E-state index in [1.807, 2.05) is 131 Å². The molecule has 10 nitrogen and oxygen atoms in total. The second-order valence-corrected chi connectivity index (χ2v) is 37.9. The zero-order valence-electron chi connectivity index (χ0n) is 72.5. The van der Waals surface area contributed by atoms with E-state index < -0.39 is 0 Å². The normalized spacial score (nSPS) is 11.8. The van der Waals surface area contributed by atoms with Gasteiger partial charge in [-0.1, -0.05) is 279 Å². The molecule has 0 atom stereocenters. The van der Waals surface area contributed by atoms with Crippen molar-refractivity contribution in [3.63, 3.8) is 0 Å². The molecule has 0 bridgehead atoms. The van der Waals surface area contributed by atoms with Gasteiger partial charge < -0.3 is 0 Å². The standard InChI is InChI=1S/C44H25N3S.C41H22N4S.C38H21N3S/c45-26-36-32-14-6-8-16-37(32)46-44(42(36)28-11-2-1-3-12-28)47-38-21-19-29(25-35(38)43-31-13-5-4-10-27(31)18-22-39(43)47)30-20-23-41-34(24-30)33-15-7-9-17-40(33)48-41;42-23-34-30-11-5-6-12-33(30)43-41(44-34)45-35-17-14-26(21-31(35)39-28-9-3-1-7-24(28)13-18-36(39)45)27-16-19-37-32(22-27)40-29-10-4-2-8-25(29)15-20-38(40)46-37;39-22-26-21-37(40-32-11-5-3-8-27(26)32)41-33-17-15-24(19-31(33)38-28-9-2-1-7-23(28)14-18-34(38)41)25-13-16-30-29-10-4-6-12-35(29)42-36(30)20-25/h1-25H;1-22H;1-21H. The smallest absolute Gasteiger partial charge is 0.236 e. The van der Waals surface area contributed by atoms with Crippen LogP contribution in [0.2, 0.25) is 0 Å². The van der Waals surface area contributed by atoms with E-state index in [4.69, 9.17) is 19.9 Å². The van der Waals surface area contributed by atoms with Crippen molar-refractivity contribution in [3.8, 4) is 80.3 Å². The molecule has 0 radical (unpaired) electrons. The SMILES string of the molecule is N#Cc1c(-c2ccccc2)c(-n2c3ccc(-c4ccc5sc6ccccc6c5c4)cc3c3c4ccccc4ccc32)nc2ccccc12.N#Cc1cc(-n2c3ccc(-c4ccc5c(c4)sc4ccccc45)cc3c3c4ccccc4ccc32)nc2ccccc12.N#Cc1nc(-n2c3ccc(-c4ccc5sc6ccc7ccccc7c6c5c4)cc3c3c4ccccc4ccc32)nc2ccccc12. The van der Waals surface area contributed by atoms with Crippen LogP contribution < -0.4 is 0 Å². The fourth-order valence-electron chi connectivity index (χ4n) is 21.1. The molecule has 29 rings (SSSR count). The summed E-state index contributed by atoms with van der Waals surface area (Å²) >= 11 is 5.54. The van der Waals surface area contributed by atoms with E-state index in [0.717, 1.165) is 110 Å². The summed E-state index contributed by atoms with van der Waals surface area (Å²) in [6.07, 6.45) is 0.